The third-order valence-electron chi connectivity index (χ3n) is 1.42. The Morgan fingerprint density at radius 2 is 2.40 bits per heavy atom. The van der Waals surface area contributed by atoms with Crippen LogP contribution in [0, 0.1) is 5.92 Å². The molecule has 0 rings (SSSR count). The van der Waals surface area contributed by atoms with Gasteiger partial charge in [0.05, 0.1) is 5.92 Å². The van der Waals surface area contributed by atoms with Crippen molar-refractivity contribution in [1.29, 1.82) is 0 Å². The highest BCUT2D eigenvalue weighted by Crippen LogP contribution is 2.07. The van der Waals surface area contributed by atoms with Gasteiger partial charge >= 0.3 is 5.97 Å². The van der Waals surface area contributed by atoms with Gasteiger partial charge in [0.1, 0.15) is 0 Å². The fourth-order valence-corrected chi connectivity index (χ4v) is 0.741. The summed E-state index contributed by atoms with van der Waals surface area (Å²) in [5.41, 5.74) is 0. The summed E-state index contributed by atoms with van der Waals surface area (Å²) in [7, 11) is 0. The normalized spacial score (nSPS) is 12.7. The van der Waals surface area contributed by atoms with E-state index in [0.29, 0.717) is 12.8 Å². The van der Waals surface area contributed by atoms with Crippen LogP contribution in [0.3, 0.4) is 0 Å². The van der Waals surface area contributed by atoms with Crippen LogP contribution in [0.5, 0.6) is 0 Å². The lowest BCUT2D eigenvalue weighted by atomic mass is 10.0. The molecule has 60 valence electrons. The second-order valence-electron chi connectivity index (χ2n) is 2.05. The molecule has 1 atom stereocenters. The first kappa shape index (κ1) is 9.39. The molecule has 0 saturated carbocycles. The van der Waals surface area contributed by atoms with E-state index in [4.69, 9.17) is 5.11 Å². The number of hydrogen-bond acceptors (Lipinski definition) is 4. The molecule has 1 unspecified atom stereocenters. The second kappa shape index (κ2) is 5.20. The Labute approximate surface area is 59.9 Å². The van der Waals surface area contributed by atoms with Crippen molar-refractivity contribution in [2.45, 2.75) is 19.8 Å². The van der Waals surface area contributed by atoms with Crippen LogP contribution < -0.4 is 5.90 Å². The van der Waals surface area contributed by atoms with E-state index in [1.165, 1.54) is 0 Å². The van der Waals surface area contributed by atoms with E-state index in [9.17, 15) is 4.79 Å². The first-order valence-electron chi connectivity index (χ1n) is 3.27. The molecule has 10 heavy (non-hydrogen) atoms. The van der Waals surface area contributed by atoms with Crippen LogP contribution in [0.4, 0.5) is 0 Å². The zero-order valence-corrected chi connectivity index (χ0v) is 6.04. The molecular formula is C6H13NO3. The molecule has 0 aromatic heterocycles. The number of aliphatic hydroxyl groups is 1. The van der Waals surface area contributed by atoms with Crippen molar-refractivity contribution in [2.24, 2.45) is 11.8 Å². The summed E-state index contributed by atoms with van der Waals surface area (Å²) in [6.07, 6.45) is 1.07. The monoisotopic (exact) mass is 147 g/mol. The van der Waals surface area contributed by atoms with Gasteiger partial charge in [-0.1, -0.05) is 6.92 Å². The Morgan fingerprint density at radius 3 is 2.70 bits per heavy atom. The third-order valence-corrected chi connectivity index (χ3v) is 1.42. The number of carbonyl (C=O) groups is 1. The van der Waals surface area contributed by atoms with Crippen molar-refractivity contribution in [3.8, 4) is 0 Å². The highest BCUT2D eigenvalue weighted by Gasteiger charge is 2.15. The number of hydrogen-bond donors (Lipinski definition) is 2. The maximum absolute atomic E-state index is 10.7. The second-order valence-corrected chi connectivity index (χ2v) is 2.05. The fourth-order valence-electron chi connectivity index (χ4n) is 0.741. The summed E-state index contributed by atoms with van der Waals surface area (Å²) < 4.78 is 0. The summed E-state index contributed by atoms with van der Waals surface area (Å²) in [5.74, 6) is 3.95. The van der Waals surface area contributed by atoms with Crippen molar-refractivity contribution >= 4 is 5.97 Å². The lowest BCUT2D eigenvalue weighted by Crippen LogP contribution is -2.21. The zero-order chi connectivity index (χ0) is 7.98. The lowest BCUT2D eigenvalue weighted by Gasteiger charge is -2.08. The van der Waals surface area contributed by atoms with E-state index in [0.717, 1.165) is 0 Å². The molecule has 0 aliphatic rings. The average molecular weight is 147 g/mol. The van der Waals surface area contributed by atoms with Crippen LogP contribution >= 0.6 is 0 Å². The zero-order valence-electron chi connectivity index (χ0n) is 6.04. The molecule has 0 amide bonds. The van der Waals surface area contributed by atoms with Gasteiger partial charge in [-0.2, -0.15) is 5.90 Å². The summed E-state index contributed by atoms with van der Waals surface area (Å²) >= 11 is 0. The highest BCUT2D eigenvalue weighted by molar-refractivity contribution is 5.71. The van der Waals surface area contributed by atoms with Gasteiger partial charge < -0.3 is 9.94 Å². The van der Waals surface area contributed by atoms with Crippen molar-refractivity contribution in [2.75, 3.05) is 6.61 Å². The molecule has 3 N–H and O–H groups in total. The molecular weight excluding hydrogens is 134 g/mol. The Kier molecular flexibility index (Phi) is 4.88. The summed E-state index contributed by atoms with van der Waals surface area (Å²) in [6.45, 7) is 1.84. The summed E-state index contributed by atoms with van der Waals surface area (Å²) in [5, 5.41) is 8.46. The smallest absolute Gasteiger partial charge is 0.327 e. The third kappa shape index (κ3) is 2.80. The highest BCUT2D eigenvalue weighted by atomic mass is 16.7. The molecule has 0 aliphatic carbocycles. The largest absolute Gasteiger partial charge is 0.396 e. The number of nitrogens with two attached hydrogens (primary N) is 1. The van der Waals surface area contributed by atoms with Gasteiger partial charge in [-0.15, -0.1) is 0 Å². The summed E-state index contributed by atoms with van der Waals surface area (Å²) in [6, 6.07) is 0. The molecule has 4 nitrogen and oxygen atoms in total. The SMILES string of the molecule is CCC(CCO)C(=O)ON. The van der Waals surface area contributed by atoms with Gasteiger partial charge in [-0.25, -0.2) is 0 Å². The van der Waals surface area contributed by atoms with Crippen molar-refractivity contribution < 1.29 is 14.7 Å². The Bertz CT molecular complexity index is 105. The maximum atomic E-state index is 10.7. The van der Waals surface area contributed by atoms with Crippen LogP contribution in [0.2, 0.25) is 0 Å². The van der Waals surface area contributed by atoms with Crippen LogP contribution in [-0.2, 0) is 9.63 Å². The van der Waals surface area contributed by atoms with Gasteiger partial charge in [0, 0.05) is 6.61 Å². The molecule has 0 bridgehead atoms. The molecule has 0 saturated heterocycles. The van der Waals surface area contributed by atoms with Crippen LogP contribution in [0.15, 0.2) is 0 Å². The average Bonchev–Trinajstić information content (AvgIpc) is 1.99. The molecule has 0 aliphatic heterocycles. The number of rotatable bonds is 4. The van der Waals surface area contributed by atoms with Gasteiger partial charge in [0.15, 0.2) is 0 Å². The molecule has 0 radical (unpaired) electrons. The topological polar surface area (TPSA) is 72.5 Å². The minimum absolute atomic E-state index is 0.00634. The van der Waals surface area contributed by atoms with Gasteiger partial charge in [-0.05, 0) is 12.8 Å². The van der Waals surface area contributed by atoms with Crippen LogP contribution in [0.25, 0.3) is 0 Å². The van der Waals surface area contributed by atoms with Crippen molar-refractivity contribution in [3.63, 3.8) is 0 Å². The molecule has 0 heterocycles. The molecule has 0 spiro atoms. The number of aliphatic hydroxyl groups excluding tert-OH is 1. The quantitative estimate of drug-likeness (QED) is 0.541. The van der Waals surface area contributed by atoms with E-state index >= 15 is 0 Å². The molecule has 0 aromatic rings. The Balaban J connectivity index is 3.68. The minimum Gasteiger partial charge on any atom is -0.396 e. The predicted octanol–water partition coefficient (Wildman–Crippen LogP) is -0.188. The van der Waals surface area contributed by atoms with E-state index in [2.05, 4.69) is 10.7 Å². The molecule has 4 heteroatoms. The number of carbonyl (C=O) groups excluding carboxylic acids is 1. The van der Waals surface area contributed by atoms with Crippen molar-refractivity contribution in [1.82, 2.24) is 0 Å². The Hall–Kier alpha value is -0.610. The molecule has 0 aromatic carbocycles. The van der Waals surface area contributed by atoms with Gasteiger partial charge in [-0.3, -0.25) is 4.79 Å². The fraction of sp³-hybridized carbons (Fsp3) is 0.833. The first-order chi connectivity index (χ1) is 4.76. The van der Waals surface area contributed by atoms with E-state index in [1.807, 2.05) is 6.92 Å². The van der Waals surface area contributed by atoms with Crippen LogP contribution in [-0.4, -0.2) is 17.7 Å². The molecule has 0 fully saturated rings. The first-order valence-corrected chi connectivity index (χ1v) is 3.27. The van der Waals surface area contributed by atoms with Crippen molar-refractivity contribution in [3.05, 3.63) is 0 Å². The maximum Gasteiger partial charge on any atom is 0.327 e. The minimum atomic E-state index is -0.448. The summed E-state index contributed by atoms with van der Waals surface area (Å²) in [4.78, 5) is 14.7. The van der Waals surface area contributed by atoms with Gasteiger partial charge in [0.2, 0.25) is 0 Å². The lowest BCUT2D eigenvalue weighted by molar-refractivity contribution is -0.149. The van der Waals surface area contributed by atoms with Crippen LogP contribution in [0.1, 0.15) is 19.8 Å². The van der Waals surface area contributed by atoms with Gasteiger partial charge in [0.25, 0.3) is 0 Å². The Morgan fingerprint density at radius 1 is 1.80 bits per heavy atom. The standard InChI is InChI=1S/C6H13NO3/c1-2-5(3-4-8)6(9)10-7/h5,8H,2-4,7H2,1H3. The van der Waals surface area contributed by atoms with E-state index in [1.54, 1.807) is 0 Å². The predicted molar refractivity (Wildman–Crippen MR) is 35.8 cm³/mol. The van der Waals surface area contributed by atoms with E-state index in [-0.39, 0.29) is 12.5 Å². The van der Waals surface area contributed by atoms with E-state index < -0.39 is 5.97 Å².